The molecule has 0 amide bonds. The highest BCUT2D eigenvalue weighted by Gasteiger charge is 2.19. The lowest BCUT2D eigenvalue weighted by atomic mass is 10.0. The number of unbranched alkanes of at least 4 members (excludes halogenated alkanes) is 35. The summed E-state index contributed by atoms with van der Waals surface area (Å²) in [4.78, 5) is 38.1. The van der Waals surface area contributed by atoms with Crippen LogP contribution in [0.2, 0.25) is 0 Å². The van der Waals surface area contributed by atoms with E-state index >= 15 is 0 Å². The highest BCUT2D eigenvalue weighted by Crippen LogP contribution is 2.16. The molecule has 0 radical (unpaired) electrons. The summed E-state index contributed by atoms with van der Waals surface area (Å²) in [7, 11) is 0. The predicted molar refractivity (Wildman–Crippen MR) is 275 cm³/mol. The second kappa shape index (κ2) is 53.2. The van der Waals surface area contributed by atoms with Gasteiger partial charge >= 0.3 is 17.9 Å². The molecule has 0 aromatic carbocycles. The highest BCUT2D eigenvalue weighted by molar-refractivity contribution is 5.71. The number of rotatable bonds is 51. The monoisotopic (exact) mass is 899 g/mol. The van der Waals surface area contributed by atoms with E-state index in [1.807, 2.05) is 0 Å². The smallest absolute Gasteiger partial charge is 0.306 e. The Balaban J connectivity index is 4.32. The van der Waals surface area contributed by atoms with Crippen molar-refractivity contribution in [3.05, 3.63) is 36.5 Å². The van der Waals surface area contributed by atoms with Crippen molar-refractivity contribution in [3.63, 3.8) is 0 Å². The van der Waals surface area contributed by atoms with Crippen molar-refractivity contribution in [3.8, 4) is 0 Å². The van der Waals surface area contributed by atoms with Crippen molar-refractivity contribution in [2.75, 3.05) is 13.2 Å². The van der Waals surface area contributed by atoms with Gasteiger partial charge in [-0.25, -0.2) is 0 Å². The second-order valence-electron chi connectivity index (χ2n) is 18.9. The Morgan fingerprint density at radius 2 is 0.562 bits per heavy atom. The van der Waals surface area contributed by atoms with E-state index in [0.717, 1.165) is 64.2 Å². The largest absolute Gasteiger partial charge is 0.462 e. The van der Waals surface area contributed by atoms with E-state index in [1.165, 1.54) is 193 Å². The minimum absolute atomic E-state index is 0.0732. The topological polar surface area (TPSA) is 78.9 Å². The summed E-state index contributed by atoms with van der Waals surface area (Å²) in [5.41, 5.74) is 0. The maximum Gasteiger partial charge on any atom is 0.306 e. The SMILES string of the molecule is CCCCC/C=C\C=C/CCCCCCCCCCCCC(=O)OCC(COC(=O)CCCCCCC/C=C\CCCCC)OC(=O)CCCCCCCCCCCCCCCCC. The van der Waals surface area contributed by atoms with Crippen molar-refractivity contribution in [2.45, 2.75) is 303 Å². The van der Waals surface area contributed by atoms with Gasteiger partial charge in [0.05, 0.1) is 0 Å². The van der Waals surface area contributed by atoms with E-state index in [1.54, 1.807) is 0 Å². The van der Waals surface area contributed by atoms with Gasteiger partial charge in [-0.1, -0.05) is 243 Å². The fraction of sp³-hybridized carbons (Fsp3) is 0.845. The van der Waals surface area contributed by atoms with E-state index < -0.39 is 6.10 Å². The van der Waals surface area contributed by atoms with Gasteiger partial charge in [-0.2, -0.15) is 0 Å². The first-order chi connectivity index (χ1) is 31.5. The van der Waals surface area contributed by atoms with Gasteiger partial charge in [-0.3, -0.25) is 14.4 Å². The molecule has 374 valence electrons. The molecule has 0 bridgehead atoms. The van der Waals surface area contributed by atoms with Crippen LogP contribution in [0.3, 0.4) is 0 Å². The number of esters is 3. The first-order valence-corrected chi connectivity index (χ1v) is 28.0. The molecule has 0 aromatic rings. The molecule has 0 aromatic heterocycles. The summed E-state index contributed by atoms with van der Waals surface area (Å²) < 4.78 is 16.8. The number of ether oxygens (including phenoxy) is 3. The Labute approximate surface area is 397 Å². The van der Waals surface area contributed by atoms with Crippen molar-refractivity contribution < 1.29 is 28.6 Å². The summed E-state index contributed by atoms with van der Waals surface area (Å²) >= 11 is 0. The van der Waals surface area contributed by atoms with E-state index in [4.69, 9.17) is 14.2 Å². The van der Waals surface area contributed by atoms with Crippen molar-refractivity contribution in [1.29, 1.82) is 0 Å². The van der Waals surface area contributed by atoms with Crippen LogP contribution in [0.25, 0.3) is 0 Å². The fourth-order valence-corrected chi connectivity index (χ4v) is 8.14. The quantitative estimate of drug-likeness (QED) is 0.0199. The Hall–Kier alpha value is -2.37. The summed E-state index contributed by atoms with van der Waals surface area (Å²) in [6.07, 6.45) is 62.7. The molecule has 64 heavy (non-hydrogen) atoms. The van der Waals surface area contributed by atoms with Crippen molar-refractivity contribution >= 4 is 17.9 Å². The van der Waals surface area contributed by atoms with Gasteiger partial charge in [0.1, 0.15) is 13.2 Å². The normalized spacial score (nSPS) is 12.2. The number of hydrogen-bond donors (Lipinski definition) is 0. The first-order valence-electron chi connectivity index (χ1n) is 28.0. The fourth-order valence-electron chi connectivity index (χ4n) is 8.14. The molecule has 0 fully saturated rings. The van der Waals surface area contributed by atoms with Gasteiger partial charge in [0.15, 0.2) is 6.10 Å². The zero-order valence-corrected chi connectivity index (χ0v) is 42.8. The minimum Gasteiger partial charge on any atom is -0.462 e. The number of carbonyl (C=O) groups is 3. The van der Waals surface area contributed by atoms with Crippen molar-refractivity contribution in [1.82, 2.24) is 0 Å². The molecule has 1 atom stereocenters. The van der Waals surface area contributed by atoms with E-state index in [2.05, 4.69) is 57.2 Å². The Morgan fingerprint density at radius 1 is 0.312 bits per heavy atom. The molecular formula is C58H106O6. The maximum absolute atomic E-state index is 12.8. The molecule has 6 heteroatoms. The van der Waals surface area contributed by atoms with Gasteiger partial charge in [-0.15, -0.1) is 0 Å². The van der Waals surface area contributed by atoms with Gasteiger partial charge < -0.3 is 14.2 Å². The summed E-state index contributed by atoms with van der Waals surface area (Å²) in [6, 6.07) is 0. The van der Waals surface area contributed by atoms with Gasteiger partial charge in [-0.05, 0) is 70.6 Å². The molecule has 0 saturated carbocycles. The van der Waals surface area contributed by atoms with Gasteiger partial charge in [0.25, 0.3) is 0 Å². The zero-order chi connectivity index (χ0) is 46.5. The molecule has 1 unspecified atom stereocenters. The number of hydrogen-bond acceptors (Lipinski definition) is 6. The van der Waals surface area contributed by atoms with Crippen LogP contribution in [0, 0.1) is 0 Å². The van der Waals surface area contributed by atoms with Crippen LogP contribution < -0.4 is 0 Å². The van der Waals surface area contributed by atoms with E-state index in [9.17, 15) is 14.4 Å². The number of allylic oxidation sites excluding steroid dienone is 6. The minimum atomic E-state index is -0.773. The van der Waals surface area contributed by atoms with E-state index in [0.29, 0.717) is 19.3 Å². The predicted octanol–water partition coefficient (Wildman–Crippen LogP) is 18.5. The summed E-state index contributed by atoms with van der Waals surface area (Å²) in [5.74, 6) is -0.870. The molecule has 0 aliphatic heterocycles. The van der Waals surface area contributed by atoms with Crippen LogP contribution in [0.15, 0.2) is 36.5 Å². The third-order valence-corrected chi connectivity index (χ3v) is 12.4. The van der Waals surface area contributed by atoms with Crippen LogP contribution >= 0.6 is 0 Å². The van der Waals surface area contributed by atoms with Gasteiger partial charge in [0.2, 0.25) is 0 Å². The van der Waals surface area contributed by atoms with Crippen LogP contribution in [-0.4, -0.2) is 37.2 Å². The Morgan fingerprint density at radius 3 is 0.906 bits per heavy atom. The summed E-state index contributed by atoms with van der Waals surface area (Å²) in [6.45, 7) is 6.61. The lowest BCUT2D eigenvalue weighted by Gasteiger charge is -2.18. The molecular weight excluding hydrogens is 793 g/mol. The highest BCUT2D eigenvalue weighted by atomic mass is 16.6. The van der Waals surface area contributed by atoms with Crippen LogP contribution in [0.1, 0.15) is 297 Å². The number of carbonyl (C=O) groups excluding carboxylic acids is 3. The maximum atomic E-state index is 12.8. The van der Waals surface area contributed by atoms with E-state index in [-0.39, 0.29) is 31.1 Å². The zero-order valence-electron chi connectivity index (χ0n) is 42.8. The molecule has 0 rings (SSSR count). The lowest BCUT2D eigenvalue weighted by molar-refractivity contribution is -0.167. The summed E-state index contributed by atoms with van der Waals surface area (Å²) in [5, 5.41) is 0. The molecule has 0 aliphatic carbocycles. The average Bonchev–Trinajstić information content (AvgIpc) is 3.29. The molecule has 0 saturated heterocycles. The molecule has 0 N–H and O–H groups in total. The third-order valence-electron chi connectivity index (χ3n) is 12.4. The first kappa shape index (κ1) is 61.6. The Bertz CT molecular complexity index is 1080. The van der Waals surface area contributed by atoms with Crippen LogP contribution in [0.5, 0.6) is 0 Å². The standard InChI is InChI=1S/C58H106O6/c1-4-7-10-13-16-19-22-25-27-28-29-30-32-33-36-39-42-45-48-51-57(60)63-54-55(53-62-56(59)50-47-44-41-38-35-24-21-18-15-12-9-6-3)64-58(61)52-49-46-43-40-37-34-31-26-23-20-17-14-11-8-5-2/h16,18-19,21-22,25,55H,4-15,17,20,23-24,26-54H2,1-3H3/b19-16-,21-18-,25-22-. The van der Waals surface area contributed by atoms with Crippen molar-refractivity contribution in [2.24, 2.45) is 0 Å². The Kier molecular flexibility index (Phi) is 51.3. The van der Waals surface area contributed by atoms with Crippen LogP contribution in [0.4, 0.5) is 0 Å². The molecule has 0 spiro atoms. The van der Waals surface area contributed by atoms with Gasteiger partial charge in [0, 0.05) is 19.3 Å². The molecule has 0 heterocycles. The van der Waals surface area contributed by atoms with Crippen LogP contribution in [-0.2, 0) is 28.6 Å². The third kappa shape index (κ3) is 50.6. The molecule has 0 aliphatic rings. The second-order valence-corrected chi connectivity index (χ2v) is 18.9. The lowest BCUT2D eigenvalue weighted by Crippen LogP contribution is -2.30. The molecule has 6 nitrogen and oxygen atoms in total. The average molecular weight is 899 g/mol.